The molecular formula is C17H15Cl2N3O4. The molecule has 0 radical (unpaired) electrons. The van der Waals surface area contributed by atoms with Gasteiger partial charge in [0.25, 0.3) is 5.91 Å². The second-order valence-electron chi connectivity index (χ2n) is 5.19. The van der Waals surface area contributed by atoms with Gasteiger partial charge in [0.2, 0.25) is 5.28 Å². The standard InChI is InChI=1S/C17H15Cl2N3O4/c1-3-26-16(25)13-12(20-17(19)21-14(13)18)8-22(2)15(24)11-7-5-4-6-10(11)9-23/h4-7,9H,3,8H2,1-2H3. The van der Waals surface area contributed by atoms with Gasteiger partial charge in [0.15, 0.2) is 6.29 Å². The molecule has 1 aromatic heterocycles. The molecular weight excluding hydrogens is 381 g/mol. The molecule has 0 spiro atoms. The predicted molar refractivity (Wildman–Crippen MR) is 95.6 cm³/mol. The van der Waals surface area contributed by atoms with Crippen molar-refractivity contribution in [3.05, 3.63) is 57.1 Å². The van der Waals surface area contributed by atoms with Crippen molar-refractivity contribution in [1.82, 2.24) is 14.9 Å². The summed E-state index contributed by atoms with van der Waals surface area (Å²) in [6.45, 7) is 1.70. The van der Waals surface area contributed by atoms with E-state index in [1.807, 2.05) is 0 Å². The molecule has 0 fully saturated rings. The van der Waals surface area contributed by atoms with Crippen LogP contribution in [0.2, 0.25) is 10.4 Å². The van der Waals surface area contributed by atoms with Crippen molar-refractivity contribution in [2.75, 3.05) is 13.7 Å². The first-order chi connectivity index (χ1) is 12.4. The minimum absolute atomic E-state index is 0.0544. The van der Waals surface area contributed by atoms with Gasteiger partial charge >= 0.3 is 5.97 Å². The van der Waals surface area contributed by atoms with Crippen molar-refractivity contribution in [2.24, 2.45) is 0 Å². The van der Waals surface area contributed by atoms with Gasteiger partial charge in [-0.1, -0.05) is 29.8 Å². The molecule has 9 heteroatoms. The molecule has 0 aliphatic heterocycles. The van der Waals surface area contributed by atoms with E-state index in [1.54, 1.807) is 19.1 Å². The van der Waals surface area contributed by atoms with Gasteiger partial charge in [-0.05, 0) is 24.6 Å². The number of aromatic nitrogens is 2. The Morgan fingerprint density at radius 2 is 1.92 bits per heavy atom. The Balaban J connectivity index is 2.36. The lowest BCUT2D eigenvalue weighted by atomic mass is 10.1. The number of carbonyl (C=O) groups is 3. The fraction of sp³-hybridized carbons (Fsp3) is 0.235. The first-order valence-electron chi connectivity index (χ1n) is 7.57. The number of carbonyl (C=O) groups excluding carboxylic acids is 3. The number of amides is 1. The summed E-state index contributed by atoms with van der Waals surface area (Å²) in [6.07, 6.45) is 0.601. The first kappa shape index (κ1) is 19.8. The summed E-state index contributed by atoms with van der Waals surface area (Å²) in [5.74, 6) is -1.13. The zero-order valence-electron chi connectivity index (χ0n) is 14.0. The molecule has 0 atom stereocenters. The zero-order chi connectivity index (χ0) is 19.3. The Labute approximate surface area is 159 Å². The Kier molecular flexibility index (Phi) is 6.65. The van der Waals surface area contributed by atoms with Gasteiger partial charge in [-0.2, -0.15) is 0 Å². The van der Waals surface area contributed by atoms with Gasteiger partial charge in [-0.15, -0.1) is 0 Å². The van der Waals surface area contributed by atoms with Crippen LogP contribution >= 0.6 is 23.2 Å². The highest BCUT2D eigenvalue weighted by Gasteiger charge is 2.24. The van der Waals surface area contributed by atoms with Crippen LogP contribution in [0.25, 0.3) is 0 Å². The van der Waals surface area contributed by atoms with Crippen molar-refractivity contribution in [3.63, 3.8) is 0 Å². The minimum Gasteiger partial charge on any atom is -0.462 e. The van der Waals surface area contributed by atoms with E-state index < -0.39 is 11.9 Å². The van der Waals surface area contributed by atoms with Crippen LogP contribution in [0.4, 0.5) is 0 Å². The Morgan fingerprint density at radius 1 is 1.23 bits per heavy atom. The third-order valence-corrected chi connectivity index (χ3v) is 3.89. The molecule has 0 aliphatic rings. The van der Waals surface area contributed by atoms with E-state index >= 15 is 0 Å². The van der Waals surface area contributed by atoms with Crippen molar-refractivity contribution in [2.45, 2.75) is 13.5 Å². The second-order valence-corrected chi connectivity index (χ2v) is 5.89. The number of esters is 1. The fourth-order valence-corrected chi connectivity index (χ4v) is 2.76. The number of hydrogen-bond donors (Lipinski definition) is 0. The summed E-state index contributed by atoms with van der Waals surface area (Å²) in [5, 5.41) is -0.320. The normalized spacial score (nSPS) is 10.3. The highest BCUT2D eigenvalue weighted by molar-refractivity contribution is 6.34. The van der Waals surface area contributed by atoms with E-state index in [0.29, 0.717) is 6.29 Å². The summed E-state index contributed by atoms with van der Waals surface area (Å²) >= 11 is 11.8. The largest absolute Gasteiger partial charge is 0.462 e. The molecule has 26 heavy (non-hydrogen) atoms. The summed E-state index contributed by atoms with van der Waals surface area (Å²) in [6, 6.07) is 6.38. The molecule has 2 aromatic rings. The molecule has 0 aliphatic carbocycles. The SMILES string of the molecule is CCOC(=O)c1c(Cl)nc(Cl)nc1CN(C)C(=O)c1ccccc1C=O. The lowest BCUT2D eigenvalue weighted by Gasteiger charge is -2.19. The van der Waals surface area contributed by atoms with Gasteiger partial charge in [0.1, 0.15) is 10.7 Å². The molecule has 0 saturated carbocycles. The number of aldehydes is 1. The van der Waals surface area contributed by atoms with Crippen LogP contribution in [0.15, 0.2) is 24.3 Å². The van der Waals surface area contributed by atoms with Gasteiger partial charge in [-0.25, -0.2) is 14.8 Å². The summed E-state index contributed by atoms with van der Waals surface area (Å²) < 4.78 is 4.96. The van der Waals surface area contributed by atoms with E-state index in [1.165, 1.54) is 24.1 Å². The molecule has 0 unspecified atom stereocenters. The highest BCUT2D eigenvalue weighted by Crippen LogP contribution is 2.22. The second kappa shape index (κ2) is 8.73. The van der Waals surface area contributed by atoms with Crippen molar-refractivity contribution in [3.8, 4) is 0 Å². The Morgan fingerprint density at radius 3 is 2.58 bits per heavy atom. The molecule has 136 valence electrons. The number of hydrogen-bond acceptors (Lipinski definition) is 6. The third kappa shape index (κ3) is 4.36. The Bertz CT molecular complexity index is 858. The van der Waals surface area contributed by atoms with Crippen molar-refractivity contribution >= 4 is 41.4 Å². The Hall–Kier alpha value is -2.51. The number of nitrogens with zero attached hydrogens (tertiary/aromatic N) is 3. The predicted octanol–water partition coefficient (Wildman–Crippen LogP) is 3.04. The average Bonchev–Trinajstić information content (AvgIpc) is 2.60. The number of ether oxygens (including phenoxy) is 1. The number of halogens is 2. The quantitative estimate of drug-likeness (QED) is 0.323. The van der Waals surface area contributed by atoms with Crippen LogP contribution < -0.4 is 0 Å². The van der Waals surface area contributed by atoms with E-state index in [4.69, 9.17) is 27.9 Å². The van der Waals surface area contributed by atoms with E-state index in [0.717, 1.165) is 0 Å². The minimum atomic E-state index is -0.710. The van der Waals surface area contributed by atoms with Crippen molar-refractivity contribution < 1.29 is 19.1 Å². The first-order valence-corrected chi connectivity index (χ1v) is 8.33. The lowest BCUT2D eigenvalue weighted by Crippen LogP contribution is -2.29. The van der Waals surface area contributed by atoms with Crippen LogP contribution in [-0.4, -0.2) is 46.7 Å². The lowest BCUT2D eigenvalue weighted by molar-refractivity contribution is 0.0521. The maximum absolute atomic E-state index is 12.6. The molecule has 0 N–H and O–H groups in total. The number of benzene rings is 1. The average molecular weight is 396 g/mol. The van der Waals surface area contributed by atoms with Crippen LogP contribution in [-0.2, 0) is 11.3 Å². The van der Waals surface area contributed by atoms with E-state index in [9.17, 15) is 14.4 Å². The van der Waals surface area contributed by atoms with E-state index in [-0.39, 0.29) is 46.0 Å². The van der Waals surface area contributed by atoms with Crippen LogP contribution in [0.3, 0.4) is 0 Å². The smallest absolute Gasteiger partial charge is 0.343 e. The molecule has 0 bridgehead atoms. The molecule has 7 nitrogen and oxygen atoms in total. The monoisotopic (exact) mass is 395 g/mol. The van der Waals surface area contributed by atoms with E-state index in [2.05, 4.69) is 9.97 Å². The van der Waals surface area contributed by atoms with Gasteiger partial charge in [0, 0.05) is 12.6 Å². The molecule has 1 amide bonds. The van der Waals surface area contributed by atoms with Gasteiger partial charge < -0.3 is 9.64 Å². The maximum atomic E-state index is 12.6. The summed E-state index contributed by atoms with van der Waals surface area (Å²) in [4.78, 5) is 45.0. The summed E-state index contributed by atoms with van der Waals surface area (Å²) in [7, 11) is 1.50. The fourth-order valence-electron chi connectivity index (χ4n) is 2.26. The van der Waals surface area contributed by atoms with Gasteiger partial charge in [0.05, 0.1) is 24.4 Å². The van der Waals surface area contributed by atoms with Gasteiger partial charge in [-0.3, -0.25) is 9.59 Å². The molecule has 1 heterocycles. The van der Waals surface area contributed by atoms with Crippen molar-refractivity contribution in [1.29, 1.82) is 0 Å². The molecule has 0 saturated heterocycles. The van der Waals surface area contributed by atoms with Crippen LogP contribution in [0.5, 0.6) is 0 Å². The topological polar surface area (TPSA) is 89.5 Å². The third-order valence-electron chi connectivity index (χ3n) is 3.44. The van der Waals surface area contributed by atoms with Crippen LogP contribution in [0, 0.1) is 0 Å². The maximum Gasteiger partial charge on any atom is 0.343 e. The molecule has 2 rings (SSSR count). The highest BCUT2D eigenvalue weighted by atomic mass is 35.5. The molecule has 1 aromatic carbocycles. The summed E-state index contributed by atoms with van der Waals surface area (Å²) in [5.41, 5.74) is 0.580. The van der Waals surface area contributed by atoms with Crippen LogP contribution in [0.1, 0.15) is 43.7 Å². The zero-order valence-corrected chi connectivity index (χ0v) is 15.5. The number of rotatable bonds is 6.